The van der Waals surface area contributed by atoms with Gasteiger partial charge in [0, 0.05) is 29.0 Å². The van der Waals surface area contributed by atoms with Crippen molar-refractivity contribution >= 4 is 39.7 Å². The van der Waals surface area contributed by atoms with E-state index in [0.717, 1.165) is 29.2 Å². The van der Waals surface area contributed by atoms with Gasteiger partial charge in [-0.1, -0.05) is 12.8 Å². The minimum atomic E-state index is -1.22. The Morgan fingerprint density at radius 2 is 1.88 bits per heavy atom. The number of carboxylic acid groups (broad SMARTS) is 1. The molecule has 0 saturated heterocycles. The van der Waals surface area contributed by atoms with E-state index in [0.29, 0.717) is 29.9 Å². The standard InChI is InChI=1S/C22H20N6O3S/c29-19(25-22(20(30)31)9-1-2-10-22)16-4-3-12-28-17(26-27-18(16)28)14-5-7-15(8-6-14)24-21-23-11-13-32-21/h3-8,11-13H,1-2,9-10H2,(H,23,24)(H,25,29)(H,30,31). The van der Waals surface area contributed by atoms with Crippen LogP contribution < -0.4 is 10.6 Å². The zero-order valence-electron chi connectivity index (χ0n) is 17.0. The van der Waals surface area contributed by atoms with Crippen LogP contribution in [0.25, 0.3) is 17.0 Å². The maximum atomic E-state index is 13.0. The minimum Gasteiger partial charge on any atom is -0.480 e. The number of nitrogens with one attached hydrogen (secondary N) is 2. The van der Waals surface area contributed by atoms with Gasteiger partial charge in [0.1, 0.15) is 5.54 Å². The van der Waals surface area contributed by atoms with Crippen LogP contribution in [0.3, 0.4) is 0 Å². The van der Waals surface area contributed by atoms with Crippen LogP contribution in [0.4, 0.5) is 10.8 Å². The first-order valence-electron chi connectivity index (χ1n) is 10.2. The minimum absolute atomic E-state index is 0.292. The Bertz CT molecular complexity index is 1280. The molecule has 1 aliphatic carbocycles. The third-order valence-corrected chi connectivity index (χ3v) is 6.41. The molecule has 162 valence electrons. The van der Waals surface area contributed by atoms with Gasteiger partial charge >= 0.3 is 5.97 Å². The number of hydrogen-bond acceptors (Lipinski definition) is 7. The topological polar surface area (TPSA) is 122 Å². The third kappa shape index (κ3) is 3.58. The van der Waals surface area contributed by atoms with Gasteiger partial charge in [0.15, 0.2) is 16.6 Å². The van der Waals surface area contributed by atoms with Gasteiger partial charge in [-0.15, -0.1) is 21.5 Å². The highest BCUT2D eigenvalue weighted by atomic mass is 32.1. The van der Waals surface area contributed by atoms with E-state index in [4.69, 9.17) is 0 Å². The van der Waals surface area contributed by atoms with E-state index >= 15 is 0 Å². The van der Waals surface area contributed by atoms with Crippen LogP contribution in [0.1, 0.15) is 36.0 Å². The van der Waals surface area contributed by atoms with Crippen LogP contribution >= 0.6 is 11.3 Å². The lowest BCUT2D eigenvalue weighted by Gasteiger charge is -2.25. The lowest BCUT2D eigenvalue weighted by atomic mass is 9.97. The average molecular weight is 449 g/mol. The van der Waals surface area contributed by atoms with Gasteiger partial charge < -0.3 is 15.7 Å². The molecule has 0 aliphatic heterocycles. The van der Waals surface area contributed by atoms with Crippen molar-refractivity contribution in [3.8, 4) is 11.4 Å². The van der Waals surface area contributed by atoms with E-state index in [1.807, 2.05) is 29.6 Å². The van der Waals surface area contributed by atoms with Gasteiger partial charge in [-0.3, -0.25) is 9.20 Å². The van der Waals surface area contributed by atoms with Crippen LogP contribution in [0, 0.1) is 0 Å². The number of benzene rings is 1. The molecule has 1 saturated carbocycles. The highest BCUT2D eigenvalue weighted by molar-refractivity contribution is 7.13. The van der Waals surface area contributed by atoms with Gasteiger partial charge in [0.2, 0.25) is 0 Å². The van der Waals surface area contributed by atoms with Gasteiger partial charge in [-0.25, -0.2) is 9.78 Å². The Hall–Kier alpha value is -3.79. The summed E-state index contributed by atoms with van der Waals surface area (Å²) >= 11 is 1.52. The first-order chi connectivity index (χ1) is 15.6. The number of carboxylic acids is 1. The van der Waals surface area contributed by atoms with E-state index in [-0.39, 0.29) is 0 Å². The van der Waals surface area contributed by atoms with Gasteiger partial charge in [0.05, 0.1) is 5.56 Å². The molecule has 3 heterocycles. The fraction of sp³-hybridized carbons (Fsp3) is 0.227. The molecule has 9 nitrogen and oxygen atoms in total. The number of fused-ring (bicyclic) bond motifs is 1. The van der Waals surface area contributed by atoms with E-state index in [1.165, 1.54) is 11.3 Å². The summed E-state index contributed by atoms with van der Waals surface area (Å²) in [6.45, 7) is 0. The molecule has 0 bridgehead atoms. The molecular weight excluding hydrogens is 428 g/mol. The van der Waals surface area contributed by atoms with Crippen LogP contribution in [0.15, 0.2) is 54.2 Å². The summed E-state index contributed by atoms with van der Waals surface area (Å²) < 4.78 is 1.74. The molecule has 0 spiro atoms. The van der Waals surface area contributed by atoms with Crippen molar-refractivity contribution in [2.45, 2.75) is 31.2 Å². The molecule has 0 radical (unpaired) electrons. The Labute approximate surface area is 187 Å². The number of rotatable bonds is 6. The Balaban J connectivity index is 1.43. The van der Waals surface area contributed by atoms with Gasteiger partial charge in [-0.2, -0.15) is 0 Å². The van der Waals surface area contributed by atoms with Gasteiger partial charge in [-0.05, 0) is 49.2 Å². The van der Waals surface area contributed by atoms with Crippen molar-refractivity contribution in [3.05, 3.63) is 59.7 Å². The van der Waals surface area contributed by atoms with E-state index in [1.54, 1.807) is 28.9 Å². The lowest BCUT2D eigenvalue weighted by Crippen LogP contribution is -2.52. The molecule has 5 rings (SSSR count). The van der Waals surface area contributed by atoms with Crippen LogP contribution in [-0.2, 0) is 4.79 Å². The summed E-state index contributed by atoms with van der Waals surface area (Å²) in [5.74, 6) is -0.866. The molecule has 1 aromatic carbocycles. The number of pyridine rings is 1. The second-order valence-electron chi connectivity index (χ2n) is 7.73. The normalized spacial score (nSPS) is 15.0. The first kappa shape index (κ1) is 20.1. The molecule has 4 aromatic rings. The second kappa shape index (κ2) is 8.04. The number of amides is 1. The first-order valence-corrected chi connectivity index (χ1v) is 11.1. The van der Waals surface area contributed by atoms with Crippen molar-refractivity contribution in [2.75, 3.05) is 5.32 Å². The number of carbonyl (C=O) groups is 2. The highest BCUT2D eigenvalue weighted by Crippen LogP contribution is 2.31. The summed E-state index contributed by atoms with van der Waals surface area (Å²) in [4.78, 5) is 29.0. The summed E-state index contributed by atoms with van der Waals surface area (Å²) in [6.07, 6.45) is 5.93. The van der Waals surface area contributed by atoms with Crippen LogP contribution in [0.5, 0.6) is 0 Å². The number of carbonyl (C=O) groups excluding carboxylic acids is 1. The predicted molar refractivity (Wildman–Crippen MR) is 120 cm³/mol. The SMILES string of the molecule is O=C(NC1(C(=O)O)CCCC1)c1cccn2c(-c3ccc(Nc4nccs4)cc3)nnc12. The number of aromatic nitrogens is 4. The smallest absolute Gasteiger partial charge is 0.329 e. The lowest BCUT2D eigenvalue weighted by molar-refractivity contribution is -0.144. The molecule has 1 amide bonds. The van der Waals surface area contributed by atoms with Crippen molar-refractivity contribution in [1.82, 2.24) is 24.9 Å². The maximum Gasteiger partial charge on any atom is 0.329 e. The quantitative estimate of drug-likeness (QED) is 0.411. The van der Waals surface area contributed by atoms with Crippen LogP contribution in [-0.4, -0.2) is 42.1 Å². The van der Waals surface area contributed by atoms with Crippen molar-refractivity contribution in [3.63, 3.8) is 0 Å². The molecule has 10 heteroatoms. The number of aliphatic carboxylic acids is 1. The molecule has 1 aliphatic rings. The number of nitrogens with zero attached hydrogens (tertiary/aromatic N) is 4. The Kier molecular flexibility index (Phi) is 5.06. The van der Waals surface area contributed by atoms with Crippen molar-refractivity contribution in [1.29, 1.82) is 0 Å². The van der Waals surface area contributed by atoms with Crippen molar-refractivity contribution in [2.24, 2.45) is 0 Å². The van der Waals surface area contributed by atoms with E-state index in [2.05, 4.69) is 25.8 Å². The second-order valence-corrected chi connectivity index (χ2v) is 8.62. The molecule has 0 atom stereocenters. The number of hydrogen-bond donors (Lipinski definition) is 3. The highest BCUT2D eigenvalue weighted by Gasteiger charge is 2.43. The maximum absolute atomic E-state index is 13.0. The van der Waals surface area contributed by atoms with E-state index < -0.39 is 17.4 Å². The molecule has 3 N–H and O–H groups in total. The average Bonchev–Trinajstić information content (AvgIpc) is 3.55. The molecular formula is C22H20N6O3S. The predicted octanol–water partition coefficient (Wildman–Crippen LogP) is 3.72. The van der Waals surface area contributed by atoms with Crippen LogP contribution in [0.2, 0.25) is 0 Å². The Morgan fingerprint density at radius 3 is 2.56 bits per heavy atom. The molecule has 32 heavy (non-hydrogen) atoms. The van der Waals surface area contributed by atoms with Gasteiger partial charge in [0.25, 0.3) is 5.91 Å². The fourth-order valence-electron chi connectivity index (χ4n) is 4.06. The Morgan fingerprint density at radius 1 is 1.09 bits per heavy atom. The summed E-state index contributed by atoms with van der Waals surface area (Å²) in [5.41, 5.74) is 1.18. The molecule has 0 unspecified atom stereocenters. The number of thiazole rings is 1. The van der Waals surface area contributed by atoms with E-state index in [9.17, 15) is 14.7 Å². The summed E-state index contributed by atoms with van der Waals surface area (Å²) in [5, 5.41) is 26.9. The molecule has 1 fully saturated rings. The monoisotopic (exact) mass is 448 g/mol. The third-order valence-electron chi connectivity index (χ3n) is 5.73. The summed E-state index contributed by atoms with van der Waals surface area (Å²) in [6, 6.07) is 11.0. The zero-order valence-corrected chi connectivity index (χ0v) is 17.8. The molecule has 3 aromatic heterocycles. The largest absolute Gasteiger partial charge is 0.480 e. The number of anilines is 2. The fourth-order valence-corrected chi connectivity index (χ4v) is 4.61. The zero-order chi connectivity index (χ0) is 22.1. The summed E-state index contributed by atoms with van der Waals surface area (Å²) in [7, 11) is 0. The van der Waals surface area contributed by atoms with Crippen molar-refractivity contribution < 1.29 is 14.7 Å².